The van der Waals surface area contributed by atoms with Crippen molar-refractivity contribution < 1.29 is 9.53 Å². The van der Waals surface area contributed by atoms with E-state index in [9.17, 15) is 4.79 Å². The Labute approximate surface area is 149 Å². The lowest BCUT2D eigenvalue weighted by Crippen LogP contribution is -2.37. The number of carbonyl (C=O) groups excluding carboxylic acids is 1. The van der Waals surface area contributed by atoms with Gasteiger partial charge in [-0.15, -0.1) is 0 Å². The van der Waals surface area contributed by atoms with Crippen LogP contribution in [0.15, 0.2) is 48.5 Å². The highest BCUT2D eigenvalue weighted by Gasteiger charge is 2.14. The van der Waals surface area contributed by atoms with E-state index in [2.05, 4.69) is 43.4 Å². The van der Waals surface area contributed by atoms with Crippen molar-refractivity contribution in [1.82, 2.24) is 5.32 Å². The summed E-state index contributed by atoms with van der Waals surface area (Å²) < 4.78 is 5.61. The first-order valence-corrected chi connectivity index (χ1v) is 8.62. The molecular weight excluding hydrogens is 322 g/mol. The smallest absolute Gasteiger partial charge is 0.260 e. The van der Waals surface area contributed by atoms with Gasteiger partial charge < -0.3 is 10.1 Å². The van der Waals surface area contributed by atoms with Crippen LogP contribution in [0.5, 0.6) is 5.75 Å². The Balaban J connectivity index is 1.78. The third kappa shape index (κ3) is 5.57. The van der Waals surface area contributed by atoms with Crippen LogP contribution in [0.4, 0.5) is 0 Å². The molecule has 0 spiro atoms. The van der Waals surface area contributed by atoms with Gasteiger partial charge in [0.2, 0.25) is 0 Å². The highest BCUT2D eigenvalue weighted by atomic mass is 35.5. The molecule has 1 unspecified atom stereocenters. The lowest BCUT2D eigenvalue weighted by molar-refractivity contribution is -0.127. The van der Waals surface area contributed by atoms with E-state index in [0.29, 0.717) is 23.2 Å². The molecule has 0 bridgehead atoms. The third-order valence-electron chi connectivity index (χ3n) is 3.84. The second-order valence-electron chi connectivity index (χ2n) is 6.15. The second kappa shape index (κ2) is 8.74. The van der Waals surface area contributed by atoms with Crippen LogP contribution in [0.3, 0.4) is 0 Å². The molecule has 0 aliphatic rings. The average Bonchev–Trinajstić information content (AvgIpc) is 2.55. The summed E-state index contributed by atoms with van der Waals surface area (Å²) in [5, 5.41) is 3.49. The highest BCUT2D eigenvalue weighted by Crippen LogP contribution is 2.18. The summed E-state index contributed by atoms with van der Waals surface area (Å²) in [7, 11) is 0. The number of amides is 1. The predicted molar refractivity (Wildman–Crippen MR) is 98.8 cm³/mol. The van der Waals surface area contributed by atoms with E-state index in [-0.39, 0.29) is 5.91 Å². The number of ether oxygens (including phenoxy) is 1. The molecule has 2 aromatic carbocycles. The van der Waals surface area contributed by atoms with Gasteiger partial charge in [-0.05, 0) is 48.6 Å². The summed E-state index contributed by atoms with van der Waals surface area (Å²) in [6.07, 6.45) is 0.236. The number of rotatable bonds is 7. The van der Waals surface area contributed by atoms with E-state index in [4.69, 9.17) is 16.3 Å². The van der Waals surface area contributed by atoms with Crippen LogP contribution in [0, 0.1) is 0 Å². The van der Waals surface area contributed by atoms with Gasteiger partial charge in [-0.2, -0.15) is 0 Å². The van der Waals surface area contributed by atoms with E-state index >= 15 is 0 Å². The monoisotopic (exact) mass is 345 g/mol. The van der Waals surface area contributed by atoms with Gasteiger partial charge in [0.05, 0.1) is 0 Å². The Morgan fingerprint density at radius 3 is 2.46 bits per heavy atom. The SMILES string of the molecule is CC(Oc1cccc(Cl)c1)C(=O)NCCc1ccc(C(C)C)cc1. The van der Waals surface area contributed by atoms with Crippen molar-refractivity contribution >= 4 is 17.5 Å². The van der Waals surface area contributed by atoms with E-state index < -0.39 is 6.10 Å². The first-order chi connectivity index (χ1) is 11.5. The number of benzene rings is 2. The number of nitrogens with one attached hydrogen (secondary N) is 1. The van der Waals surface area contributed by atoms with Gasteiger partial charge >= 0.3 is 0 Å². The summed E-state index contributed by atoms with van der Waals surface area (Å²) in [5.74, 6) is 0.992. The highest BCUT2D eigenvalue weighted by molar-refractivity contribution is 6.30. The molecule has 0 aliphatic carbocycles. The number of halogens is 1. The minimum absolute atomic E-state index is 0.131. The summed E-state index contributed by atoms with van der Waals surface area (Å²) in [5.41, 5.74) is 2.54. The number of hydrogen-bond acceptors (Lipinski definition) is 2. The predicted octanol–water partition coefficient (Wildman–Crippen LogP) is 4.59. The van der Waals surface area contributed by atoms with Gasteiger partial charge in [0.1, 0.15) is 5.75 Å². The minimum Gasteiger partial charge on any atom is -0.481 e. The Hall–Kier alpha value is -2.00. The van der Waals surface area contributed by atoms with Crippen molar-refractivity contribution in [2.24, 2.45) is 0 Å². The molecule has 0 heterocycles. The molecule has 1 N–H and O–H groups in total. The first-order valence-electron chi connectivity index (χ1n) is 8.24. The van der Waals surface area contributed by atoms with E-state index in [1.165, 1.54) is 11.1 Å². The molecule has 0 fully saturated rings. The van der Waals surface area contributed by atoms with Crippen LogP contribution in [0.25, 0.3) is 0 Å². The molecule has 24 heavy (non-hydrogen) atoms. The average molecular weight is 346 g/mol. The van der Waals surface area contributed by atoms with Crippen LogP contribution < -0.4 is 10.1 Å². The molecular formula is C20H24ClNO2. The third-order valence-corrected chi connectivity index (χ3v) is 4.07. The Bertz CT molecular complexity index is 668. The van der Waals surface area contributed by atoms with Crippen molar-refractivity contribution in [3.63, 3.8) is 0 Å². The second-order valence-corrected chi connectivity index (χ2v) is 6.59. The van der Waals surface area contributed by atoms with Crippen molar-refractivity contribution in [1.29, 1.82) is 0 Å². The van der Waals surface area contributed by atoms with Crippen LogP contribution in [-0.4, -0.2) is 18.6 Å². The van der Waals surface area contributed by atoms with Crippen molar-refractivity contribution in [2.75, 3.05) is 6.54 Å². The summed E-state index contributed by atoms with van der Waals surface area (Å²) >= 11 is 5.91. The van der Waals surface area contributed by atoms with Crippen molar-refractivity contribution in [2.45, 2.75) is 39.2 Å². The normalized spacial score (nSPS) is 12.0. The summed E-state index contributed by atoms with van der Waals surface area (Å²) in [6.45, 7) is 6.67. The van der Waals surface area contributed by atoms with E-state index in [0.717, 1.165) is 6.42 Å². The molecule has 0 saturated carbocycles. The maximum absolute atomic E-state index is 12.1. The lowest BCUT2D eigenvalue weighted by atomic mass is 10.0. The minimum atomic E-state index is -0.563. The molecule has 0 radical (unpaired) electrons. The number of carbonyl (C=O) groups is 1. The van der Waals surface area contributed by atoms with E-state index in [1.54, 1.807) is 31.2 Å². The molecule has 1 amide bonds. The van der Waals surface area contributed by atoms with Crippen LogP contribution >= 0.6 is 11.6 Å². The van der Waals surface area contributed by atoms with Crippen molar-refractivity contribution in [3.8, 4) is 5.75 Å². The Morgan fingerprint density at radius 1 is 1.12 bits per heavy atom. The maximum atomic E-state index is 12.1. The van der Waals surface area contributed by atoms with Crippen LogP contribution in [0.1, 0.15) is 37.8 Å². The molecule has 2 rings (SSSR count). The fourth-order valence-corrected chi connectivity index (χ4v) is 2.52. The zero-order valence-electron chi connectivity index (χ0n) is 14.4. The standard InChI is InChI=1S/C20H24ClNO2/c1-14(2)17-9-7-16(8-10-17)11-12-22-20(23)15(3)24-19-6-4-5-18(21)13-19/h4-10,13-15H,11-12H2,1-3H3,(H,22,23). The fourth-order valence-electron chi connectivity index (χ4n) is 2.34. The van der Waals surface area contributed by atoms with Gasteiger partial charge in [-0.1, -0.05) is 55.8 Å². The summed E-state index contributed by atoms with van der Waals surface area (Å²) in [6, 6.07) is 15.6. The molecule has 0 aromatic heterocycles. The molecule has 1 atom stereocenters. The zero-order chi connectivity index (χ0) is 17.5. The molecule has 2 aromatic rings. The number of hydrogen-bond donors (Lipinski definition) is 1. The molecule has 4 heteroatoms. The molecule has 0 aliphatic heterocycles. The van der Waals surface area contributed by atoms with Crippen molar-refractivity contribution in [3.05, 3.63) is 64.7 Å². The molecule has 0 saturated heterocycles. The van der Waals surface area contributed by atoms with Gasteiger partial charge in [0.15, 0.2) is 6.10 Å². The largest absolute Gasteiger partial charge is 0.481 e. The fraction of sp³-hybridized carbons (Fsp3) is 0.350. The Morgan fingerprint density at radius 2 is 1.83 bits per heavy atom. The van der Waals surface area contributed by atoms with Gasteiger partial charge in [-0.25, -0.2) is 0 Å². The Kier molecular flexibility index (Phi) is 6.68. The van der Waals surface area contributed by atoms with Crippen LogP contribution in [0.2, 0.25) is 5.02 Å². The lowest BCUT2D eigenvalue weighted by Gasteiger charge is -2.15. The topological polar surface area (TPSA) is 38.3 Å². The van der Waals surface area contributed by atoms with Crippen LogP contribution in [-0.2, 0) is 11.2 Å². The van der Waals surface area contributed by atoms with Gasteiger partial charge in [-0.3, -0.25) is 4.79 Å². The van der Waals surface area contributed by atoms with E-state index in [1.807, 2.05) is 0 Å². The van der Waals surface area contributed by atoms with Gasteiger partial charge in [0, 0.05) is 11.6 Å². The van der Waals surface area contributed by atoms with Gasteiger partial charge in [0.25, 0.3) is 5.91 Å². The summed E-state index contributed by atoms with van der Waals surface area (Å²) in [4.78, 5) is 12.1. The maximum Gasteiger partial charge on any atom is 0.260 e. The quantitative estimate of drug-likeness (QED) is 0.797. The molecule has 3 nitrogen and oxygen atoms in total. The molecule has 128 valence electrons. The zero-order valence-corrected chi connectivity index (χ0v) is 15.1. The first kappa shape index (κ1) is 18.3.